The van der Waals surface area contributed by atoms with E-state index in [9.17, 15) is 13.2 Å². The highest BCUT2D eigenvalue weighted by molar-refractivity contribution is 5.66. The van der Waals surface area contributed by atoms with Crippen LogP contribution in [0.15, 0.2) is 18.2 Å². The average molecular weight is 364 g/mol. The first-order chi connectivity index (χ1) is 12.6. The van der Waals surface area contributed by atoms with Gasteiger partial charge >= 0.3 is 0 Å². The molecule has 0 nitrogen and oxygen atoms in total. The summed E-state index contributed by atoms with van der Waals surface area (Å²) in [5, 5.41) is 0. The molecule has 0 aliphatic heterocycles. The van der Waals surface area contributed by atoms with Crippen molar-refractivity contribution < 1.29 is 13.2 Å². The summed E-state index contributed by atoms with van der Waals surface area (Å²) < 4.78 is 40.6. The number of allylic oxidation sites excluding steroid dienone is 2. The van der Waals surface area contributed by atoms with Crippen LogP contribution in [0, 0.1) is 35.2 Å². The molecule has 1 atom stereocenters. The Morgan fingerprint density at radius 2 is 1.65 bits per heavy atom. The Balaban J connectivity index is 1.53. The normalized spacial score (nSPS) is 26.6. The highest BCUT2D eigenvalue weighted by Crippen LogP contribution is 2.42. The molecule has 2 aliphatic rings. The zero-order valence-electron chi connectivity index (χ0n) is 15.9. The molecular formula is C23H31F3. The molecule has 0 spiro atoms. The average Bonchev–Trinajstić information content (AvgIpc) is 2.67. The quantitative estimate of drug-likeness (QED) is 0.359. The molecule has 26 heavy (non-hydrogen) atoms. The van der Waals surface area contributed by atoms with Crippen LogP contribution in [0.25, 0.3) is 5.57 Å². The summed E-state index contributed by atoms with van der Waals surface area (Å²) in [4.78, 5) is 0. The Kier molecular flexibility index (Phi) is 6.83. The Morgan fingerprint density at radius 1 is 0.885 bits per heavy atom. The van der Waals surface area contributed by atoms with Gasteiger partial charge < -0.3 is 0 Å². The van der Waals surface area contributed by atoms with E-state index in [2.05, 4.69) is 13.0 Å². The number of rotatable bonds is 6. The van der Waals surface area contributed by atoms with Crippen LogP contribution in [0.1, 0.15) is 83.1 Å². The highest BCUT2D eigenvalue weighted by atomic mass is 19.2. The molecule has 2 aliphatic carbocycles. The lowest BCUT2D eigenvalue weighted by Gasteiger charge is -2.35. The van der Waals surface area contributed by atoms with Crippen molar-refractivity contribution in [2.75, 3.05) is 0 Å². The van der Waals surface area contributed by atoms with Crippen molar-refractivity contribution >= 4 is 5.57 Å². The third kappa shape index (κ3) is 4.53. The monoisotopic (exact) mass is 364 g/mol. The van der Waals surface area contributed by atoms with E-state index in [-0.39, 0.29) is 5.56 Å². The van der Waals surface area contributed by atoms with E-state index in [0.717, 1.165) is 42.7 Å². The van der Waals surface area contributed by atoms with Crippen LogP contribution in [0.3, 0.4) is 0 Å². The van der Waals surface area contributed by atoms with E-state index in [1.54, 1.807) is 0 Å². The molecule has 1 fully saturated rings. The maximum absolute atomic E-state index is 14.0. The van der Waals surface area contributed by atoms with E-state index in [0.29, 0.717) is 5.92 Å². The molecule has 0 saturated heterocycles. The second kappa shape index (κ2) is 9.10. The number of benzene rings is 1. The fourth-order valence-electron chi connectivity index (χ4n) is 4.93. The van der Waals surface area contributed by atoms with E-state index < -0.39 is 17.5 Å². The van der Waals surface area contributed by atoms with E-state index in [4.69, 9.17) is 0 Å². The van der Waals surface area contributed by atoms with Crippen LogP contribution in [-0.4, -0.2) is 0 Å². The Hall–Kier alpha value is -1.25. The second-order valence-electron chi connectivity index (χ2n) is 8.26. The van der Waals surface area contributed by atoms with Crippen molar-refractivity contribution in [1.29, 1.82) is 0 Å². The van der Waals surface area contributed by atoms with Crippen molar-refractivity contribution in [1.82, 2.24) is 0 Å². The van der Waals surface area contributed by atoms with Gasteiger partial charge in [0.25, 0.3) is 0 Å². The van der Waals surface area contributed by atoms with Crippen LogP contribution < -0.4 is 0 Å². The van der Waals surface area contributed by atoms with Gasteiger partial charge in [0, 0.05) is 5.56 Å². The lowest BCUT2D eigenvalue weighted by atomic mass is 9.70. The minimum absolute atomic E-state index is 0.238. The molecule has 0 bridgehead atoms. The van der Waals surface area contributed by atoms with Gasteiger partial charge in [-0.2, -0.15) is 0 Å². The van der Waals surface area contributed by atoms with Crippen molar-refractivity contribution in [3.05, 3.63) is 41.2 Å². The van der Waals surface area contributed by atoms with Crippen LogP contribution in [-0.2, 0) is 0 Å². The summed E-state index contributed by atoms with van der Waals surface area (Å²) in [5.41, 5.74) is 1.08. The first kappa shape index (κ1) is 19.5. The Morgan fingerprint density at radius 3 is 2.31 bits per heavy atom. The SMILES string of the molecule is CCCCCC1CCC(C2CC=C(c3ccc(F)c(F)c3F)CC2)CC1. The van der Waals surface area contributed by atoms with E-state index >= 15 is 0 Å². The van der Waals surface area contributed by atoms with Gasteiger partial charge in [-0.15, -0.1) is 0 Å². The molecule has 0 heterocycles. The minimum Gasteiger partial charge on any atom is -0.204 e. The van der Waals surface area contributed by atoms with Gasteiger partial charge in [0.15, 0.2) is 17.5 Å². The van der Waals surface area contributed by atoms with Gasteiger partial charge in [-0.1, -0.05) is 51.5 Å². The third-order valence-corrected chi connectivity index (χ3v) is 6.61. The summed E-state index contributed by atoms with van der Waals surface area (Å²) in [6.45, 7) is 2.26. The number of hydrogen-bond acceptors (Lipinski definition) is 0. The van der Waals surface area contributed by atoms with Gasteiger partial charge in [0.2, 0.25) is 0 Å². The molecule has 1 aromatic rings. The lowest BCUT2D eigenvalue weighted by Crippen LogP contribution is -2.23. The first-order valence-electron chi connectivity index (χ1n) is 10.4. The standard InChI is InChI=1S/C23H31F3/c1-2-3-4-5-16-6-8-17(9-7-16)18-10-12-19(13-11-18)20-14-15-21(24)23(26)22(20)25/h12,14-18H,2-11,13H2,1H3. The molecule has 1 unspecified atom stereocenters. The molecule has 1 saturated carbocycles. The molecular weight excluding hydrogens is 333 g/mol. The number of hydrogen-bond donors (Lipinski definition) is 0. The fraction of sp³-hybridized carbons (Fsp3) is 0.652. The van der Waals surface area contributed by atoms with Gasteiger partial charge in [0.05, 0.1) is 0 Å². The smallest absolute Gasteiger partial charge is 0.195 e. The topological polar surface area (TPSA) is 0 Å². The maximum atomic E-state index is 14.0. The molecule has 144 valence electrons. The largest absolute Gasteiger partial charge is 0.204 e. The molecule has 0 amide bonds. The summed E-state index contributed by atoms with van der Waals surface area (Å²) in [6, 6.07) is 2.40. The van der Waals surface area contributed by atoms with Gasteiger partial charge in [-0.3, -0.25) is 0 Å². The Bertz CT molecular complexity index is 627. The van der Waals surface area contributed by atoms with Crippen molar-refractivity contribution in [2.24, 2.45) is 17.8 Å². The van der Waals surface area contributed by atoms with Gasteiger partial charge in [0.1, 0.15) is 0 Å². The van der Waals surface area contributed by atoms with E-state index in [1.165, 1.54) is 57.4 Å². The zero-order chi connectivity index (χ0) is 18.5. The molecule has 3 heteroatoms. The van der Waals surface area contributed by atoms with Crippen molar-refractivity contribution in [2.45, 2.75) is 77.6 Å². The number of unbranched alkanes of at least 4 members (excludes halogenated alkanes) is 2. The first-order valence-corrected chi connectivity index (χ1v) is 10.4. The highest BCUT2D eigenvalue weighted by Gasteiger charge is 2.29. The van der Waals surface area contributed by atoms with Crippen molar-refractivity contribution in [3.63, 3.8) is 0 Å². The molecule has 0 aromatic heterocycles. The fourth-order valence-corrected chi connectivity index (χ4v) is 4.93. The van der Waals surface area contributed by atoms with Gasteiger partial charge in [-0.05, 0) is 67.6 Å². The lowest BCUT2D eigenvalue weighted by molar-refractivity contribution is 0.187. The molecule has 1 aromatic carbocycles. The second-order valence-corrected chi connectivity index (χ2v) is 8.26. The predicted molar refractivity (Wildman–Crippen MR) is 101 cm³/mol. The summed E-state index contributed by atoms with van der Waals surface area (Å²) in [6.07, 6.45) is 15.6. The van der Waals surface area contributed by atoms with Gasteiger partial charge in [-0.25, -0.2) is 13.2 Å². The van der Waals surface area contributed by atoms with E-state index in [1.807, 2.05) is 0 Å². The number of halogens is 3. The molecule has 0 radical (unpaired) electrons. The summed E-state index contributed by atoms with van der Waals surface area (Å²) in [5.74, 6) is -1.14. The summed E-state index contributed by atoms with van der Waals surface area (Å²) in [7, 11) is 0. The minimum atomic E-state index is -1.35. The van der Waals surface area contributed by atoms with Crippen LogP contribution in [0.4, 0.5) is 13.2 Å². The van der Waals surface area contributed by atoms with Crippen molar-refractivity contribution in [3.8, 4) is 0 Å². The summed E-state index contributed by atoms with van der Waals surface area (Å²) >= 11 is 0. The van der Waals surface area contributed by atoms with Crippen LogP contribution >= 0.6 is 0 Å². The zero-order valence-corrected chi connectivity index (χ0v) is 15.9. The molecule has 0 N–H and O–H groups in total. The predicted octanol–water partition coefficient (Wildman–Crippen LogP) is 7.67. The Labute approximate surface area is 155 Å². The maximum Gasteiger partial charge on any atom is 0.195 e. The van der Waals surface area contributed by atoms with Crippen LogP contribution in [0.5, 0.6) is 0 Å². The van der Waals surface area contributed by atoms with Crippen LogP contribution in [0.2, 0.25) is 0 Å². The molecule has 3 rings (SSSR count). The third-order valence-electron chi connectivity index (χ3n) is 6.61.